The van der Waals surface area contributed by atoms with E-state index in [9.17, 15) is 18.5 Å². The van der Waals surface area contributed by atoms with Gasteiger partial charge in [-0.15, -0.1) is 0 Å². The molecule has 2 atom stereocenters. The Labute approximate surface area is 131 Å². The molecular formula is C11H17N3O4S3. The number of thiophene rings is 1. The molecule has 21 heavy (non-hydrogen) atoms. The summed E-state index contributed by atoms with van der Waals surface area (Å²) in [5.74, 6) is 0. The van der Waals surface area contributed by atoms with Crippen LogP contribution in [0.5, 0.6) is 0 Å². The molecule has 1 aliphatic carbocycles. The van der Waals surface area contributed by atoms with Crippen LogP contribution in [-0.4, -0.2) is 30.9 Å². The second-order valence-corrected chi connectivity index (χ2v) is 8.96. The predicted octanol–water partition coefficient (Wildman–Crippen LogP) is 2.19. The van der Waals surface area contributed by atoms with Crippen LogP contribution in [0.3, 0.4) is 0 Å². The van der Waals surface area contributed by atoms with Crippen LogP contribution in [0.15, 0.2) is 10.3 Å². The molecule has 1 heterocycles. The largest absolute Gasteiger partial charge is 0.385 e. The normalized spacial score (nSPS) is 23.1. The summed E-state index contributed by atoms with van der Waals surface area (Å²) in [6.07, 6.45) is 5.80. The zero-order valence-electron chi connectivity index (χ0n) is 11.4. The van der Waals surface area contributed by atoms with E-state index in [2.05, 4.69) is 4.72 Å². The number of hydrogen-bond acceptors (Lipinski definition) is 7. The molecule has 0 bridgehead atoms. The minimum absolute atomic E-state index is 0.0922. The van der Waals surface area contributed by atoms with Gasteiger partial charge in [0.05, 0.1) is 4.92 Å². The highest BCUT2D eigenvalue weighted by Gasteiger charge is 2.31. The molecule has 10 heteroatoms. The number of thioether (sulfide) groups is 1. The van der Waals surface area contributed by atoms with E-state index in [0.29, 0.717) is 0 Å². The minimum atomic E-state index is -3.77. The summed E-state index contributed by atoms with van der Waals surface area (Å²) in [7, 11) is -3.77. The summed E-state index contributed by atoms with van der Waals surface area (Å²) < 4.78 is 27.3. The lowest BCUT2D eigenvalue weighted by molar-refractivity contribution is -0.383. The van der Waals surface area contributed by atoms with Gasteiger partial charge in [0.1, 0.15) is 4.21 Å². The molecule has 0 aliphatic heterocycles. The smallest absolute Gasteiger partial charge is 0.304 e. The SMILES string of the molecule is CSC1CCCCC1NS(=O)(=O)c1cc([N+](=O)[O-])c(N)s1. The fourth-order valence-corrected chi connectivity index (χ4v) is 5.98. The van der Waals surface area contributed by atoms with Gasteiger partial charge in [0, 0.05) is 17.4 Å². The third-order valence-electron chi connectivity index (χ3n) is 3.49. The molecule has 1 aromatic rings. The molecule has 0 saturated heterocycles. The lowest BCUT2D eigenvalue weighted by atomic mass is 9.96. The van der Waals surface area contributed by atoms with Crippen LogP contribution in [0.4, 0.5) is 10.7 Å². The van der Waals surface area contributed by atoms with Crippen LogP contribution in [0, 0.1) is 10.1 Å². The van der Waals surface area contributed by atoms with Crippen molar-refractivity contribution in [3.05, 3.63) is 16.2 Å². The maximum atomic E-state index is 12.4. The Morgan fingerprint density at radius 1 is 1.48 bits per heavy atom. The highest BCUT2D eigenvalue weighted by atomic mass is 32.2. The molecule has 0 radical (unpaired) electrons. The molecule has 1 saturated carbocycles. The Kier molecular flexibility index (Phi) is 5.12. The molecule has 1 fully saturated rings. The van der Waals surface area contributed by atoms with Crippen molar-refractivity contribution in [1.82, 2.24) is 4.72 Å². The number of nitrogens with one attached hydrogen (secondary N) is 1. The van der Waals surface area contributed by atoms with Crippen LogP contribution >= 0.6 is 23.1 Å². The van der Waals surface area contributed by atoms with Gasteiger partial charge in [0.2, 0.25) is 0 Å². The summed E-state index contributed by atoms with van der Waals surface area (Å²) >= 11 is 2.37. The summed E-state index contributed by atoms with van der Waals surface area (Å²) in [6, 6.07) is 0.889. The first-order valence-electron chi connectivity index (χ1n) is 6.44. The summed E-state index contributed by atoms with van der Waals surface area (Å²) in [6.45, 7) is 0. The van der Waals surface area contributed by atoms with E-state index in [1.54, 1.807) is 11.8 Å². The van der Waals surface area contributed by atoms with E-state index in [1.165, 1.54) is 0 Å². The van der Waals surface area contributed by atoms with Gasteiger partial charge in [-0.3, -0.25) is 10.1 Å². The van der Waals surface area contributed by atoms with Crippen LogP contribution in [0.1, 0.15) is 25.7 Å². The first-order chi connectivity index (χ1) is 9.85. The molecule has 7 nitrogen and oxygen atoms in total. The molecule has 118 valence electrons. The van der Waals surface area contributed by atoms with E-state index in [4.69, 9.17) is 5.73 Å². The van der Waals surface area contributed by atoms with Crippen molar-refractivity contribution in [2.75, 3.05) is 12.0 Å². The number of nitrogens with two attached hydrogens (primary N) is 1. The van der Waals surface area contributed by atoms with Crippen molar-refractivity contribution in [3.8, 4) is 0 Å². The van der Waals surface area contributed by atoms with E-state index in [0.717, 1.165) is 43.1 Å². The Balaban J connectivity index is 2.21. The molecule has 0 aromatic carbocycles. The molecule has 0 amide bonds. The molecule has 0 spiro atoms. The number of sulfonamides is 1. The molecular weight excluding hydrogens is 334 g/mol. The monoisotopic (exact) mass is 351 g/mol. The van der Waals surface area contributed by atoms with Crippen molar-refractivity contribution in [3.63, 3.8) is 0 Å². The van der Waals surface area contributed by atoms with Gasteiger partial charge in [-0.25, -0.2) is 13.1 Å². The van der Waals surface area contributed by atoms with Crippen molar-refractivity contribution in [1.29, 1.82) is 0 Å². The van der Waals surface area contributed by atoms with Crippen LogP contribution in [0.2, 0.25) is 0 Å². The number of nitrogen functional groups attached to an aromatic ring is 1. The molecule has 2 unspecified atom stereocenters. The quantitative estimate of drug-likeness (QED) is 0.620. The number of nitro groups is 1. The average Bonchev–Trinajstić information content (AvgIpc) is 2.82. The lowest BCUT2D eigenvalue weighted by Gasteiger charge is -2.30. The fraction of sp³-hybridized carbons (Fsp3) is 0.636. The van der Waals surface area contributed by atoms with Gasteiger partial charge >= 0.3 is 5.69 Å². The third-order valence-corrected chi connectivity index (χ3v) is 7.58. The van der Waals surface area contributed by atoms with Gasteiger partial charge in [0.15, 0.2) is 5.00 Å². The van der Waals surface area contributed by atoms with Crippen LogP contribution in [-0.2, 0) is 10.0 Å². The van der Waals surface area contributed by atoms with E-state index in [1.807, 2.05) is 6.26 Å². The highest BCUT2D eigenvalue weighted by Crippen LogP contribution is 2.35. The first kappa shape index (κ1) is 16.5. The van der Waals surface area contributed by atoms with Crippen molar-refractivity contribution in [2.45, 2.75) is 41.2 Å². The first-order valence-corrected chi connectivity index (χ1v) is 10.0. The molecule has 3 N–H and O–H groups in total. The third kappa shape index (κ3) is 3.68. The van der Waals surface area contributed by atoms with Crippen molar-refractivity contribution >= 4 is 43.8 Å². The van der Waals surface area contributed by atoms with Crippen molar-refractivity contribution < 1.29 is 13.3 Å². The van der Waals surface area contributed by atoms with Gasteiger partial charge in [0.25, 0.3) is 10.0 Å². The summed E-state index contributed by atoms with van der Waals surface area (Å²) in [5, 5.41) is 10.9. The zero-order chi connectivity index (χ0) is 15.6. The number of nitrogens with zero attached hydrogens (tertiary/aromatic N) is 1. The molecule has 1 aliphatic rings. The topological polar surface area (TPSA) is 115 Å². The van der Waals surface area contributed by atoms with Gasteiger partial charge in [-0.05, 0) is 19.1 Å². The zero-order valence-corrected chi connectivity index (χ0v) is 13.9. The Bertz CT molecular complexity index is 629. The summed E-state index contributed by atoms with van der Waals surface area (Å²) in [4.78, 5) is 10.1. The second kappa shape index (κ2) is 6.51. The number of hydrogen-bond donors (Lipinski definition) is 2. The van der Waals surface area contributed by atoms with E-state index in [-0.39, 0.29) is 26.2 Å². The fourth-order valence-electron chi connectivity index (χ4n) is 2.42. The van der Waals surface area contributed by atoms with E-state index < -0.39 is 14.9 Å². The Morgan fingerprint density at radius 2 is 2.14 bits per heavy atom. The van der Waals surface area contributed by atoms with Crippen LogP contribution < -0.4 is 10.5 Å². The maximum Gasteiger partial charge on any atom is 0.304 e. The summed E-state index contributed by atoms with van der Waals surface area (Å²) in [5.41, 5.74) is 5.15. The van der Waals surface area contributed by atoms with Gasteiger partial charge in [-0.1, -0.05) is 24.2 Å². The second-order valence-electron chi connectivity index (χ2n) is 4.86. The Morgan fingerprint density at radius 3 is 2.71 bits per heavy atom. The number of rotatable bonds is 5. The van der Waals surface area contributed by atoms with E-state index >= 15 is 0 Å². The number of anilines is 1. The standard InChI is InChI=1S/C11H17N3O4S3/c1-19-9-5-3-2-4-7(9)13-21(17,18)10-6-8(14(15)16)11(12)20-10/h6-7,9,13H,2-5,12H2,1H3. The maximum absolute atomic E-state index is 12.4. The van der Waals surface area contributed by atoms with Crippen molar-refractivity contribution in [2.24, 2.45) is 0 Å². The van der Waals surface area contributed by atoms with Gasteiger partial charge in [-0.2, -0.15) is 11.8 Å². The highest BCUT2D eigenvalue weighted by molar-refractivity contribution is 7.99. The van der Waals surface area contributed by atoms with Crippen LogP contribution in [0.25, 0.3) is 0 Å². The molecule has 2 rings (SSSR count). The minimum Gasteiger partial charge on any atom is -0.385 e. The Hall–Kier alpha value is -0.840. The van der Waals surface area contributed by atoms with Gasteiger partial charge < -0.3 is 5.73 Å². The predicted molar refractivity (Wildman–Crippen MR) is 85.3 cm³/mol. The molecule has 1 aromatic heterocycles. The average molecular weight is 351 g/mol. The lowest BCUT2D eigenvalue weighted by Crippen LogP contribution is -2.43.